The Labute approximate surface area is 111 Å². The maximum atomic E-state index is 10.7. The quantitative estimate of drug-likeness (QED) is 0.379. The molecule has 8 heteroatoms. The summed E-state index contributed by atoms with van der Waals surface area (Å²) in [6, 6.07) is 4.85. The molecule has 0 spiro atoms. The minimum atomic E-state index is -0.465. The number of anilines is 1. The van der Waals surface area contributed by atoms with E-state index in [-0.39, 0.29) is 5.69 Å². The van der Waals surface area contributed by atoms with Crippen LogP contribution >= 0.6 is 23.1 Å². The number of thioether (sulfide) groups is 1. The van der Waals surface area contributed by atoms with E-state index in [9.17, 15) is 10.1 Å². The fraction of sp³-hybridized carbons (Fsp3) is 0.100. The first-order valence-corrected chi connectivity index (χ1v) is 6.83. The second-order valence-electron chi connectivity index (χ2n) is 3.34. The van der Waals surface area contributed by atoms with Gasteiger partial charge in [-0.1, -0.05) is 17.8 Å². The van der Waals surface area contributed by atoms with Crippen molar-refractivity contribution in [3.8, 4) is 0 Å². The number of thiazole rings is 1. The Hall–Kier alpha value is -1.64. The van der Waals surface area contributed by atoms with Crippen LogP contribution in [0.1, 0.15) is 5.56 Å². The number of hydrazine groups is 1. The molecule has 3 N–H and O–H groups in total. The van der Waals surface area contributed by atoms with Crippen LogP contribution in [0.25, 0.3) is 0 Å². The van der Waals surface area contributed by atoms with Gasteiger partial charge in [-0.15, -0.1) is 11.3 Å². The zero-order chi connectivity index (χ0) is 13.0. The topological polar surface area (TPSA) is 94.1 Å². The van der Waals surface area contributed by atoms with Gasteiger partial charge in [-0.2, -0.15) is 0 Å². The average Bonchev–Trinajstić information content (AvgIpc) is 2.88. The number of nitrogens with two attached hydrogens (primary N) is 1. The first kappa shape index (κ1) is 12.8. The monoisotopic (exact) mass is 282 g/mol. The van der Waals surface area contributed by atoms with Crippen LogP contribution in [0.4, 0.5) is 11.4 Å². The van der Waals surface area contributed by atoms with Crippen LogP contribution in [0.15, 0.2) is 34.1 Å². The molecule has 6 nitrogen and oxygen atoms in total. The molecule has 0 aliphatic rings. The third-order valence-electron chi connectivity index (χ3n) is 2.19. The lowest BCUT2D eigenvalue weighted by Crippen LogP contribution is -2.09. The van der Waals surface area contributed by atoms with Gasteiger partial charge in [0.25, 0.3) is 5.69 Å². The Bertz CT molecular complexity index is 545. The number of benzene rings is 1. The van der Waals surface area contributed by atoms with Crippen LogP contribution in [0.2, 0.25) is 0 Å². The minimum absolute atomic E-state index is 0.0273. The van der Waals surface area contributed by atoms with Crippen molar-refractivity contribution in [1.29, 1.82) is 0 Å². The fourth-order valence-corrected chi connectivity index (χ4v) is 2.96. The predicted octanol–water partition coefficient (Wildman–Crippen LogP) is 2.63. The number of nitrogens with zero attached hydrogens (tertiary/aromatic N) is 2. The van der Waals surface area contributed by atoms with E-state index in [2.05, 4.69) is 10.4 Å². The maximum absolute atomic E-state index is 10.7. The number of nitro groups is 1. The highest BCUT2D eigenvalue weighted by Crippen LogP contribution is 2.29. The van der Waals surface area contributed by atoms with E-state index in [1.165, 1.54) is 6.07 Å². The van der Waals surface area contributed by atoms with Gasteiger partial charge in [-0.3, -0.25) is 16.0 Å². The highest BCUT2D eigenvalue weighted by atomic mass is 32.2. The zero-order valence-corrected chi connectivity index (χ0v) is 10.8. The fourth-order valence-electron chi connectivity index (χ4n) is 1.37. The molecule has 1 aromatic heterocycles. The number of hydrogen-bond donors (Lipinski definition) is 2. The number of nitro benzene ring substituents is 1. The van der Waals surface area contributed by atoms with E-state index < -0.39 is 4.92 Å². The van der Waals surface area contributed by atoms with Gasteiger partial charge in [0, 0.05) is 23.4 Å². The normalized spacial score (nSPS) is 10.3. The molecule has 18 heavy (non-hydrogen) atoms. The van der Waals surface area contributed by atoms with Crippen molar-refractivity contribution in [2.75, 3.05) is 5.43 Å². The Balaban J connectivity index is 2.12. The summed E-state index contributed by atoms with van der Waals surface area (Å²) in [4.78, 5) is 14.4. The number of nitrogen functional groups attached to an aromatic ring is 1. The summed E-state index contributed by atoms with van der Waals surface area (Å²) in [6.07, 6.45) is 1.75. The molecule has 0 saturated carbocycles. The molecular weight excluding hydrogens is 272 g/mol. The van der Waals surface area contributed by atoms with Crippen LogP contribution < -0.4 is 11.3 Å². The standard InChI is InChI=1S/C10H10N4O2S2/c11-13-8-5-7(1-2-9(8)14(15)16)6-18-10-12-3-4-17-10/h1-5,13H,6,11H2. The van der Waals surface area contributed by atoms with Crippen molar-refractivity contribution in [2.24, 2.45) is 5.84 Å². The van der Waals surface area contributed by atoms with Gasteiger partial charge in [-0.25, -0.2) is 4.98 Å². The van der Waals surface area contributed by atoms with Crippen molar-refractivity contribution in [2.45, 2.75) is 10.1 Å². The molecule has 1 heterocycles. The Morgan fingerprint density at radius 3 is 3.00 bits per heavy atom. The van der Waals surface area contributed by atoms with E-state index in [0.717, 1.165) is 9.90 Å². The molecule has 0 fully saturated rings. The summed E-state index contributed by atoms with van der Waals surface area (Å²) in [5.41, 5.74) is 3.59. The molecule has 0 atom stereocenters. The van der Waals surface area contributed by atoms with Crippen molar-refractivity contribution >= 4 is 34.5 Å². The number of nitrogens with one attached hydrogen (secondary N) is 1. The van der Waals surface area contributed by atoms with Crippen LogP contribution in [0, 0.1) is 10.1 Å². The molecule has 0 saturated heterocycles. The van der Waals surface area contributed by atoms with Crippen molar-refractivity contribution in [3.05, 3.63) is 45.5 Å². The lowest BCUT2D eigenvalue weighted by atomic mass is 10.2. The third kappa shape index (κ3) is 2.97. The second-order valence-corrected chi connectivity index (χ2v) is 5.46. The summed E-state index contributed by atoms with van der Waals surface area (Å²) in [5.74, 6) is 5.97. The largest absolute Gasteiger partial charge is 0.318 e. The van der Waals surface area contributed by atoms with E-state index in [1.807, 2.05) is 5.38 Å². The van der Waals surface area contributed by atoms with E-state index >= 15 is 0 Å². The smallest absolute Gasteiger partial charge is 0.293 e. The molecule has 0 amide bonds. The van der Waals surface area contributed by atoms with Crippen LogP contribution in [0.5, 0.6) is 0 Å². The van der Waals surface area contributed by atoms with Gasteiger partial charge >= 0.3 is 0 Å². The zero-order valence-electron chi connectivity index (χ0n) is 9.20. The summed E-state index contributed by atoms with van der Waals surface area (Å²) in [5, 5.41) is 12.6. The molecule has 1 aromatic carbocycles. The number of rotatable bonds is 5. The van der Waals surface area contributed by atoms with Gasteiger partial charge in [0.2, 0.25) is 0 Å². The second kappa shape index (κ2) is 5.80. The molecule has 94 valence electrons. The van der Waals surface area contributed by atoms with Crippen LogP contribution in [-0.2, 0) is 5.75 Å². The first-order valence-electron chi connectivity index (χ1n) is 4.97. The summed E-state index contributed by atoms with van der Waals surface area (Å²) in [7, 11) is 0. The van der Waals surface area contributed by atoms with Gasteiger partial charge < -0.3 is 5.43 Å². The van der Waals surface area contributed by atoms with Crippen molar-refractivity contribution < 1.29 is 4.92 Å². The van der Waals surface area contributed by atoms with Crippen LogP contribution in [0.3, 0.4) is 0 Å². The number of hydrogen-bond acceptors (Lipinski definition) is 7. The van der Waals surface area contributed by atoms with E-state index in [1.54, 1.807) is 41.4 Å². The lowest BCUT2D eigenvalue weighted by molar-refractivity contribution is -0.384. The maximum Gasteiger partial charge on any atom is 0.293 e. The molecule has 0 radical (unpaired) electrons. The molecule has 0 bridgehead atoms. The SMILES string of the molecule is NNc1cc(CSc2nccs2)ccc1[N+](=O)[O-]. The highest BCUT2D eigenvalue weighted by molar-refractivity contribution is 8.00. The van der Waals surface area contributed by atoms with Crippen molar-refractivity contribution in [1.82, 2.24) is 4.98 Å². The van der Waals surface area contributed by atoms with Crippen LogP contribution in [-0.4, -0.2) is 9.91 Å². The molecular formula is C10H10N4O2S2. The summed E-state index contributed by atoms with van der Waals surface area (Å²) >= 11 is 3.15. The highest BCUT2D eigenvalue weighted by Gasteiger charge is 2.13. The molecule has 0 aliphatic carbocycles. The van der Waals surface area contributed by atoms with Gasteiger partial charge in [0.05, 0.1) is 4.92 Å². The van der Waals surface area contributed by atoms with E-state index in [0.29, 0.717) is 11.4 Å². The average molecular weight is 282 g/mol. The first-order chi connectivity index (χ1) is 8.70. The lowest BCUT2D eigenvalue weighted by Gasteiger charge is -2.04. The van der Waals surface area contributed by atoms with E-state index in [4.69, 9.17) is 5.84 Å². The molecule has 2 rings (SSSR count). The minimum Gasteiger partial charge on any atom is -0.318 e. The Morgan fingerprint density at radius 1 is 1.56 bits per heavy atom. The Morgan fingerprint density at radius 2 is 2.39 bits per heavy atom. The molecule has 0 unspecified atom stereocenters. The summed E-state index contributed by atoms with van der Waals surface area (Å²) < 4.78 is 0.968. The molecule has 0 aliphatic heterocycles. The van der Waals surface area contributed by atoms with Gasteiger partial charge in [0.1, 0.15) is 10.0 Å². The molecule has 2 aromatic rings. The summed E-state index contributed by atoms with van der Waals surface area (Å²) in [6.45, 7) is 0. The van der Waals surface area contributed by atoms with Gasteiger partial charge in [0.15, 0.2) is 0 Å². The predicted molar refractivity (Wildman–Crippen MR) is 72.6 cm³/mol. The Kier molecular flexibility index (Phi) is 4.13. The third-order valence-corrected chi connectivity index (χ3v) is 4.22. The number of aromatic nitrogens is 1. The van der Waals surface area contributed by atoms with Crippen molar-refractivity contribution in [3.63, 3.8) is 0 Å². The van der Waals surface area contributed by atoms with Gasteiger partial charge in [-0.05, 0) is 11.6 Å².